The monoisotopic (exact) mass is 422 g/mol. The molecule has 158 valence electrons. The van der Waals surface area contributed by atoms with Crippen LogP contribution in [0.1, 0.15) is 26.2 Å². The maximum absolute atomic E-state index is 11.4. The van der Waals surface area contributed by atoms with E-state index in [-0.39, 0.29) is 0 Å². The van der Waals surface area contributed by atoms with E-state index in [4.69, 9.17) is 14.6 Å². The highest BCUT2D eigenvalue weighted by atomic mass is 32.2. The van der Waals surface area contributed by atoms with Gasteiger partial charge in [-0.05, 0) is 37.3 Å². The van der Waals surface area contributed by atoms with Gasteiger partial charge in [0.05, 0.1) is 12.6 Å². The van der Waals surface area contributed by atoms with Crippen molar-refractivity contribution in [2.45, 2.75) is 26.2 Å². The number of pyridine rings is 1. The highest BCUT2D eigenvalue weighted by molar-refractivity contribution is 7.87. The topological polar surface area (TPSA) is 124 Å². The van der Waals surface area contributed by atoms with Crippen LogP contribution in [0.3, 0.4) is 0 Å². The molecule has 1 aromatic carbocycles. The first kappa shape index (κ1) is 21.3. The normalized spacial score (nSPS) is 15.5. The van der Waals surface area contributed by atoms with Crippen LogP contribution >= 0.6 is 0 Å². The van der Waals surface area contributed by atoms with Crippen molar-refractivity contribution in [1.29, 1.82) is 0 Å². The smallest absolute Gasteiger partial charge is 0.308 e. The summed E-state index contributed by atoms with van der Waals surface area (Å²) in [6, 6.07) is 5.51. The van der Waals surface area contributed by atoms with E-state index >= 15 is 0 Å². The number of carbonyl (C=O) groups is 1. The van der Waals surface area contributed by atoms with Crippen molar-refractivity contribution in [1.82, 2.24) is 9.71 Å². The summed E-state index contributed by atoms with van der Waals surface area (Å²) in [5, 5.41) is 5.86. The molecule has 10 heteroatoms. The Morgan fingerprint density at radius 3 is 2.66 bits per heavy atom. The lowest BCUT2D eigenvalue weighted by molar-refractivity contribution is -0.132. The van der Waals surface area contributed by atoms with E-state index in [1.54, 1.807) is 18.3 Å². The number of benzene rings is 1. The molecular weight excluding hydrogens is 396 g/mol. The average molecular weight is 423 g/mol. The molecule has 1 saturated heterocycles. The fraction of sp³-hybridized carbons (Fsp3) is 0.474. The molecule has 0 unspecified atom stereocenters. The standard InChI is InChI=1S/C19H26N4O5S/c1-13(24)28-19-11-15-16(12-18(19)27-2)21-7-4-17(15)23-9-5-14(6-10-23)3-8-22-29(20,25)26/h4,7,11-12,14,22H,3,5-6,8-10H2,1-2H3,(H2,20,25,26). The van der Waals surface area contributed by atoms with Crippen molar-refractivity contribution in [2.75, 3.05) is 31.6 Å². The second-order valence-corrected chi connectivity index (χ2v) is 8.48. The van der Waals surface area contributed by atoms with Gasteiger partial charge < -0.3 is 14.4 Å². The highest BCUT2D eigenvalue weighted by Gasteiger charge is 2.22. The molecule has 0 aliphatic carbocycles. The summed E-state index contributed by atoms with van der Waals surface area (Å²) in [5.74, 6) is 0.844. The third kappa shape index (κ3) is 5.55. The van der Waals surface area contributed by atoms with E-state index in [9.17, 15) is 13.2 Å². The summed E-state index contributed by atoms with van der Waals surface area (Å²) < 4.78 is 34.9. The Labute approximate surface area is 170 Å². The summed E-state index contributed by atoms with van der Waals surface area (Å²) in [6.45, 7) is 3.39. The van der Waals surface area contributed by atoms with Crippen molar-refractivity contribution in [3.63, 3.8) is 0 Å². The van der Waals surface area contributed by atoms with E-state index in [2.05, 4.69) is 14.6 Å². The Hall–Kier alpha value is -2.43. The molecule has 1 fully saturated rings. The van der Waals surface area contributed by atoms with Crippen molar-refractivity contribution in [2.24, 2.45) is 11.1 Å². The zero-order valence-corrected chi connectivity index (χ0v) is 17.4. The highest BCUT2D eigenvalue weighted by Crippen LogP contribution is 2.37. The van der Waals surface area contributed by atoms with Crippen molar-refractivity contribution in [3.8, 4) is 11.5 Å². The van der Waals surface area contributed by atoms with Gasteiger partial charge in [-0.1, -0.05) is 0 Å². The molecule has 0 bridgehead atoms. The second kappa shape index (κ2) is 8.93. The first-order chi connectivity index (χ1) is 13.8. The van der Waals surface area contributed by atoms with Gasteiger partial charge in [0.2, 0.25) is 0 Å². The Morgan fingerprint density at radius 1 is 1.31 bits per heavy atom. The lowest BCUT2D eigenvalue weighted by Crippen LogP contribution is -2.36. The molecule has 1 aromatic heterocycles. The number of ether oxygens (including phenoxy) is 2. The van der Waals surface area contributed by atoms with Gasteiger partial charge in [0.25, 0.3) is 10.2 Å². The summed E-state index contributed by atoms with van der Waals surface area (Å²) in [4.78, 5) is 18.1. The van der Waals surface area contributed by atoms with Gasteiger partial charge in [-0.3, -0.25) is 9.78 Å². The summed E-state index contributed by atoms with van der Waals surface area (Å²) in [5.41, 5.74) is 1.78. The molecule has 1 aliphatic heterocycles. The molecule has 3 rings (SSSR count). The summed E-state index contributed by atoms with van der Waals surface area (Å²) in [6.07, 6.45) is 4.41. The number of nitrogens with zero attached hydrogens (tertiary/aromatic N) is 2. The van der Waals surface area contributed by atoms with Crippen molar-refractivity contribution in [3.05, 3.63) is 24.4 Å². The third-order valence-corrected chi connectivity index (χ3v) is 5.68. The Bertz CT molecular complexity index is 988. The van der Waals surface area contributed by atoms with Crippen LogP contribution in [0.5, 0.6) is 11.5 Å². The van der Waals surface area contributed by atoms with Crippen LogP contribution < -0.4 is 24.2 Å². The van der Waals surface area contributed by atoms with Gasteiger partial charge in [0.1, 0.15) is 0 Å². The van der Waals surface area contributed by atoms with Gasteiger partial charge in [0, 0.05) is 49.9 Å². The van der Waals surface area contributed by atoms with Crippen molar-refractivity contribution < 1.29 is 22.7 Å². The molecule has 2 aromatic rings. The van der Waals surface area contributed by atoms with Crippen LogP contribution in [0.2, 0.25) is 0 Å². The maximum Gasteiger partial charge on any atom is 0.308 e. The molecule has 1 aliphatic rings. The molecule has 2 heterocycles. The lowest BCUT2D eigenvalue weighted by atomic mass is 9.93. The molecular formula is C19H26N4O5S. The van der Waals surface area contributed by atoms with Crippen LogP contribution in [0.4, 0.5) is 5.69 Å². The molecule has 0 radical (unpaired) electrons. The van der Waals surface area contributed by atoms with Gasteiger partial charge in [-0.2, -0.15) is 8.42 Å². The number of anilines is 1. The first-order valence-corrected chi connectivity index (χ1v) is 11.0. The number of piperidine rings is 1. The Balaban J connectivity index is 1.75. The molecule has 3 N–H and O–H groups in total. The van der Waals surface area contributed by atoms with Gasteiger partial charge in [-0.25, -0.2) is 9.86 Å². The van der Waals surface area contributed by atoms with E-state index in [0.29, 0.717) is 24.0 Å². The molecule has 0 saturated carbocycles. The van der Waals surface area contributed by atoms with E-state index in [1.807, 2.05) is 6.07 Å². The molecule has 0 atom stereocenters. The summed E-state index contributed by atoms with van der Waals surface area (Å²) >= 11 is 0. The fourth-order valence-corrected chi connectivity index (χ4v) is 4.08. The summed E-state index contributed by atoms with van der Waals surface area (Å²) in [7, 11) is -2.11. The third-order valence-electron chi connectivity index (χ3n) is 5.07. The predicted molar refractivity (Wildman–Crippen MR) is 110 cm³/mol. The lowest BCUT2D eigenvalue weighted by Gasteiger charge is -2.34. The van der Waals surface area contributed by atoms with Gasteiger partial charge >= 0.3 is 5.97 Å². The number of aromatic nitrogens is 1. The number of hydrogen-bond donors (Lipinski definition) is 2. The van der Waals surface area contributed by atoms with Crippen LogP contribution in [0, 0.1) is 5.92 Å². The number of esters is 1. The molecule has 9 nitrogen and oxygen atoms in total. The molecule has 0 spiro atoms. The Morgan fingerprint density at radius 2 is 2.03 bits per heavy atom. The van der Waals surface area contributed by atoms with Gasteiger partial charge in [-0.15, -0.1) is 0 Å². The van der Waals surface area contributed by atoms with Crippen LogP contribution in [-0.4, -0.2) is 46.1 Å². The number of fused-ring (bicyclic) bond motifs is 1. The zero-order valence-electron chi connectivity index (χ0n) is 16.6. The first-order valence-electron chi connectivity index (χ1n) is 9.44. The second-order valence-electron chi connectivity index (χ2n) is 7.10. The maximum atomic E-state index is 11.4. The molecule has 0 amide bonds. The number of rotatable bonds is 7. The van der Waals surface area contributed by atoms with Crippen molar-refractivity contribution >= 4 is 32.8 Å². The van der Waals surface area contributed by atoms with Crippen LogP contribution in [0.15, 0.2) is 24.4 Å². The number of carbonyl (C=O) groups excluding carboxylic acids is 1. The molecule has 29 heavy (non-hydrogen) atoms. The number of hydrogen-bond acceptors (Lipinski definition) is 7. The minimum absolute atomic E-state index is 0.354. The SMILES string of the molecule is COc1cc2nccc(N3CCC(CCNS(N)(=O)=O)CC3)c2cc1OC(C)=O. The number of nitrogens with one attached hydrogen (secondary N) is 1. The Kier molecular flexibility index (Phi) is 6.56. The quantitative estimate of drug-likeness (QED) is 0.513. The average Bonchev–Trinajstić information content (AvgIpc) is 2.66. The van der Waals surface area contributed by atoms with E-state index in [1.165, 1.54) is 14.0 Å². The van der Waals surface area contributed by atoms with E-state index in [0.717, 1.165) is 48.9 Å². The van der Waals surface area contributed by atoms with E-state index < -0.39 is 16.2 Å². The number of methoxy groups -OCH3 is 1. The number of nitrogens with two attached hydrogens (primary N) is 1. The fourth-order valence-electron chi connectivity index (χ4n) is 3.68. The van der Waals surface area contributed by atoms with Gasteiger partial charge in [0.15, 0.2) is 11.5 Å². The minimum Gasteiger partial charge on any atom is -0.493 e. The van der Waals surface area contributed by atoms with Crippen LogP contribution in [-0.2, 0) is 15.0 Å². The predicted octanol–water partition coefficient (Wildman–Crippen LogP) is 1.57. The zero-order chi connectivity index (χ0) is 21.0. The van der Waals surface area contributed by atoms with Crippen LogP contribution in [0.25, 0.3) is 10.9 Å². The minimum atomic E-state index is -3.64. The largest absolute Gasteiger partial charge is 0.493 e.